The van der Waals surface area contributed by atoms with Crippen LogP contribution in [0.15, 0.2) is 90.1 Å². The lowest BCUT2D eigenvalue weighted by molar-refractivity contribution is -0.113. The molecule has 1 aromatic heterocycles. The highest BCUT2D eigenvalue weighted by atomic mass is 16.5. The topological polar surface area (TPSA) is 90.3 Å². The van der Waals surface area contributed by atoms with Crippen molar-refractivity contribution >= 4 is 17.5 Å². The first-order valence-corrected chi connectivity index (χ1v) is 11.2. The third kappa shape index (κ3) is 4.10. The van der Waals surface area contributed by atoms with Gasteiger partial charge in [0.05, 0.1) is 19.8 Å². The van der Waals surface area contributed by atoms with Gasteiger partial charge in [-0.05, 0) is 25.1 Å². The van der Waals surface area contributed by atoms with Crippen molar-refractivity contribution in [2.24, 2.45) is 0 Å². The Morgan fingerprint density at radius 2 is 1.66 bits per heavy atom. The Morgan fingerprint density at radius 1 is 0.943 bits per heavy atom. The van der Waals surface area contributed by atoms with Crippen LogP contribution in [0.4, 0.5) is 11.6 Å². The first kappa shape index (κ1) is 22.2. The molecule has 0 spiro atoms. The number of carbonyl (C=O) groups is 1. The molecule has 0 fully saturated rings. The minimum atomic E-state index is -0.607. The molecule has 35 heavy (non-hydrogen) atoms. The summed E-state index contributed by atoms with van der Waals surface area (Å²) >= 11 is 0. The van der Waals surface area contributed by atoms with Crippen LogP contribution in [-0.2, 0) is 4.79 Å². The van der Waals surface area contributed by atoms with E-state index in [0.717, 1.165) is 11.1 Å². The summed E-state index contributed by atoms with van der Waals surface area (Å²) in [5.41, 5.74) is 3.48. The van der Waals surface area contributed by atoms with Crippen molar-refractivity contribution < 1.29 is 14.3 Å². The van der Waals surface area contributed by atoms with Gasteiger partial charge in [0.15, 0.2) is 17.3 Å². The summed E-state index contributed by atoms with van der Waals surface area (Å²) < 4.78 is 13.0. The number of nitrogens with zero attached hydrogens (tertiary/aromatic N) is 3. The maximum Gasteiger partial charge on any atom is 0.255 e. The fourth-order valence-electron chi connectivity index (χ4n) is 4.29. The number of hydrogen-bond donors (Lipinski definition) is 2. The Hall–Kier alpha value is -4.59. The zero-order valence-electron chi connectivity index (χ0n) is 19.6. The molecule has 0 radical (unpaired) electrons. The standard InChI is InChI=1S/C27H25N5O3/c1-17-22(26(33)29-19-13-8-5-9-14-19)23(20-15-10-16-21(34-2)24(20)35-3)32-27(28-17)30-25(31-32)18-11-6-4-7-12-18/h4-16,23H,1-3H3,(H,29,33)(H,28,30,31). The number of para-hydroxylation sites is 2. The number of methoxy groups -OCH3 is 2. The zero-order chi connectivity index (χ0) is 24.4. The largest absolute Gasteiger partial charge is 0.493 e. The number of aromatic nitrogens is 3. The predicted molar refractivity (Wildman–Crippen MR) is 135 cm³/mol. The van der Waals surface area contributed by atoms with Crippen molar-refractivity contribution in [2.45, 2.75) is 13.0 Å². The van der Waals surface area contributed by atoms with Gasteiger partial charge in [0, 0.05) is 22.5 Å². The molecule has 3 aromatic carbocycles. The van der Waals surface area contributed by atoms with Crippen molar-refractivity contribution in [3.05, 3.63) is 95.7 Å². The van der Waals surface area contributed by atoms with Gasteiger partial charge in [-0.3, -0.25) is 4.79 Å². The maximum atomic E-state index is 13.7. The summed E-state index contributed by atoms with van der Waals surface area (Å²) in [5, 5.41) is 11.1. The Balaban J connectivity index is 1.67. The van der Waals surface area contributed by atoms with Crippen LogP contribution < -0.4 is 20.1 Å². The second-order valence-corrected chi connectivity index (χ2v) is 8.04. The van der Waals surface area contributed by atoms with Crippen molar-refractivity contribution in [3.63, 3.8) is 0 Å². The SMILES string of the molecule is COc1cccc(C2C(C(=O)Nc3ccccc3)=C(C)Nc3nc(-c4ccccc4)nn32)c1OC. The lowest BCUT2D eigenvalue weighted by Gasteiger charge is -2.30. The summed E-state index contributed by atoms with van der Waals surface area (Å²) in [7, 11) is 3.17. The summed E-state index contributed by atoms with van der Waals surface area (Å²) in [6.07, 6.45) is 0. The number of hydrogen-bond acceptors (Lipinski definition) is 6. The third-order valence-corrected chi connectivity index (χ3v) is 5.89. The van der Waals surface area contributed by atoms with Crippen LogP contribution >= 0.6 is 0 Å². The molecule has 1 atom stereocenters. The highest BCUT2D eigenvalue weighted by Crippen LogP contribution is 2.43. The van der Waals surface area contributed by atoms with Gasteiger partial charge in [0.2, 0.25) is 5.95 Å². The van der Waals surface area contributed by atoms with Gasteiger partial charge in [-0.15, -0.1) is 5.10 Å². The highest BCUT2D eigenvalue weighted by molar-refractivity contribution is 6.06. The van der Waals surface area contributed by atoms with E-state index >= 15 is 0 Å². The summed E-state index contributed by atoms with van der Waals surface area (Å²) in [6.45, 7) is 1.86. The molecular weight excluding hydrogens is 442 g/mol. The first-order chi connectivity index (χ1) is 17.1. The number of anilines is 2. The molecule has 0 aliphatic carbocycles. The van der Waals surface area contributed by atoms with E-state index in [1.54, 1.807) is 18.9 Å². The third-order valence-electron chi connectivity index (χ3n) is 5.89. The molecule has 0 bridgehead atoms. The van der Waals surface area contributed by atoms with Crippen molar-refractivity contribution in [1.29, 1.82) is 0 Å². The Labute approximate surface area is 203 Å². The minimum Gasteiger partial charge on any atom is -0.493 e. The molecule has 8 nitrogen and oxygen atoms in total. The molecule has 0 saturated heterocycles. The smallest absolute Gasteiger partial charge is 0.255 e. The normalized spacial score (nSPS) is 14.7. The number of fused-ring (bicyclic) bond motifs is 1. The molecule has 4 aromatic rings. The Kier molecular flexibility index (Phi) is 5.93. The van der Waals surface area contributed by atoms with E-state index < -0.39 is 6.04 Å². The van der Waals surface area contributed by atoms with Crippen LogP contribution in [-0.4, -0.2) is 34.9 Å². The average molecular weight is 468 g/mol. The minimum absolute atomic E-state index is 0.251. The first-order valence-electron chi connectivity index (χ1n) is 11.2. The molecule has 176 valence electrons. The van der Waals surface area contributed by atoms with E-state index in [2.05, 4.69) is 10.6 Å². The monoisotopic (exact) mass is 467 g/mol. The summed E-state index contributed by atoms with van der Waals surface area (Å²) in [4.78, 5) is 18.4. The van der Waals surface area contributed by atoms with Crippen molar-refractivity contribution in [1.82, 2.24) is 14.8 Å². The molecule has 1 amide bonds. The van der Waals surface area contributed by atoms with Gasteiger partial charge in [-0.25, -0.2) is 4.68 Å². The van der Waals surface area contributed by atoms with Gasteiger partial charge in [0.1, 0.15) is 6.04 Å². The molecule has 5 rings (SSSR count). The van der Waals surface area contributed by atoms with E-state index in [9.17, 15) is 4.79 Å². The van der Waals surface area contributed by atoms with Crippen LogP contribution in [0.3, 0.4) is 0 Å². The molecule has 2 N–H and O–H groups in total. The second kappa shape index (κ2) is 9.34. The maximum absolute atomic E-state index is 13.7. The molecule has 1 aliphatic heterocycles. The fourth-order valence-corrected chi connectivity index (χ4v) is 4.29. The molecular formula is C27H25N5O3. The quantitative estimate of drug-likeness (QED) is 0.420. The number of ether oxygens (including phenoxy) is 2. The average Bonchev–Trinajstić information content (AvgIpc) is 3.32. The van der Waals surface area contributed by atoms with E-state index in [0.29, 0.717) is 40.2 Å². The lowest BCUT2D eigenvalue weighted by Crippen LogP contribution is -2.31. The van der Waals surface area contributed by atoms with Crippen LogP contribution in [0.1, 0.15) is 18.5 Å². The number of benzene rings is 3. The van der Waals surface area contributed by atoms with Crippen molar-refractivity contribution in [3.8, 4) is 22.9 Å². The molecule has 0 saturated carbocycles. The molecule has 8 heteroatoms. The lowest BCUT2D eigenvalue weighted by atomic mass is 9.94. The number of nitrogens with one attached hydrogen (secondary N) is 2. The van der Waals surface area contributed by atoms with Gasteiger partial charge in [0.25, 0.3) is 5.91 Å². The van der Waals surface area contributed by atoms with Crippen LogP contribution in [0.2, 0.25) is 0 Å². The Bertz CT molecular complexity index is 1400. The van der Waals surface area contributed by atoms with E-state index in [4.69, 9.17) is 19.6 Å². The fraction of sp³-hybridized carbons (Fsp3) is 0.148. The van der Waals surface area contributed by atoms with Crippen LogP contribution in [0.25, 0.3) is 11.4 Å². The predicted octanol–water partition coefficient (Wildman–Crippen LogP) is 4.89. The van der Waals surface area contributed by atoms with Crippen LogP contribution in [0.5, 0.6) is 11.5 Å². The molecule has 1 unspecified atom stereocenters. The number of allylic oxidation sites excluding steroid dienone is 1. The summed E-state index contributed by atoms with van der Waals surface area (Å²) in [5.74, 6) is 1.93. The summed E-state index contributed by atoms with van der Waals surface area (Å²) in [6, 6.07) is 24.1. The van der Waals surface area contributed by atoms with Gasteiger partial charge in [-0.2, -0.15) is 4.98 Å². The van der Waals surface area contributed by atoms with Gasteiger partial charge >= 0.3 is 0 Å². The number of rotatable bonds is 6. The highest BCUT2D eigenvalue weighted by Gasteiger charge is 2.36. The molecule has 1 aliphatic rings. The van der Waals surface area contributed by atoms with Gasteiger partial charge < -0.3 is 20.1 Å². The van der Waals surface area contributed by atoms with Crippen molar-refractivity contribution in [2.75, 3.05) is 24.9 Å². The molecule has 2 heterocycles. The number of amides is 1. The second-order valence-electron chi connectivity index (χ2n) is 8.04. The van der Waals surface area contributed by atoms with E-state index in [1.165, 1.54) is 0 Å². The van der Waals surface area contributed by atoms with E-state index in [-0.39, 0.29) is 5.91 Å². The van der Waals surface area contributed by atoms with Gasteiger partial charge in [-0.1, -0.05) is 60.7 Å². The van der Waals surface area contributed by atoms with Crippen LogP contribution in [0, 0.1) is 0 Å². The Morgan fingerprint density at radius 3 is 2.34 bits per heavy atom. The van der Waals surface area contributed by atoms with E-state index in [1.807, 2.05) is 85.8 Å². The zero-order valence-corrected chi connectivity index (χ0v) is 19.6. The number of carbonyl (C=O) groups excluding carboxylic acids is 1.